The number of pyridine rings is 1. The summed E-state index contributed by atoms with van der Waals surface area (Å²) in [6.07, 6.45) is 1.69. The molecule has 18 heavy (non-hydrogen) atoms. The van der Waals surface area contributed by atoms with E-state index in [2.05, 4.69) is 37.2 Å². The molecule has 1 N–H and O–H groups in total. The molecular weight excluding hydrogens is 296 g/mol. The molecular formula is C12H15BrN4O. The molecule has 0 amide bonds. The maximum Gasteiger partial charge on any atom is 0.144 e. The number of anilines is 1. The lowest BCUT2D eigenvalue weighted by Gasteiger charge is -2.26. The van der Waals surface area contributed by atoms with Gasteiger partial charge in [-0.05, 0) is 22.0 Å². The minimum Gasteiger partial charge on any atom is -0.379 e. The first kappa shape index (κ1) is 13.3. The van der Waals surface area contributed by atoms with Gasteiger partial charge in [0.25, 0.3) is 0 Å². The fourth-order valence-corrected chi connectivity index (χ4v) is 2.15. The van der Waals surface area contributed by atoms with Gasteiger partial charge in [-0.3, -0.25) is 4.90 Å². The Morgan fingerprint density at radius 3 is 3.00 bits per heavy atom. The van der Waals surface area contributed by atoms with E-state index in [1.807, 2.05) is 0 Å². The molecule has 0 saturated carbocycles. The Morgan fingerprint density at radius 1 is 1.50 bits per heavy atom. The molecule has 2 heterocycles. The van der Waals surface area contributed by atoms with Crippen LogP contribution in [0.3, 0.4) is 0 Å². The van der Waals surface area contributed by atoms with Crippen LogP contribution in [0.1, 0.15) is 5.56 Å². The molecule has 1 aliphatic heterocycles. The number of morpholine rings is 1. The van der Waals surface area contributed by atoms with Crippen LogP contribution >= 0.6 is 15.9 Å². The molecule has 0 aromatic carbocycles. The van der Waals surface area contributed by atoms with Crippen LogP contribution < -0.4 is 5.32 Å². The number of nitriles is 1. The van der Waals surface area contributed by atoms with E-state index in [0.717, 1.165) is 43.9 Å². The first-order valence-electron chi connectivity index (χ1n) is 5.89. The summed E-state index contributed by atoms with van der Waals surface area (Å²) >= 11 is 3.30. The molecule has 0 unspecified atom stereocenters. The molecule has 96 valence electrons. The third kappa shape index (κ3) is 3.67. The van der Waals surface area contributed by atoms with Crippen molar-refractivity contribution in [3.8, 4) is 6.07 Å². The van der Waals surface area contributed by atoms with E-state index in [1.54, 1.807) is 12.3 Å². The molecule has 0 spiro atoms. The second-order valence-electron chi connectivity index (χ2n) is 4.04. The van der Waals surface area contributed by atoms with Gasteiger partial charge in [0.1, 0.15) is 11.9 Å². The summed E-state index contributed by atoms with van der Waals surface area (Å²) in [4.78, 5) is 6.54. The summed E-state index contributed by atoms with van der Waals surface area (Å²) in [6.45, 7) is 5.27. The van der Waals surface area contributed by atoms with Gasteiger partial charge in [0, 0.05) is 36.8 Å². The Balaban J connectivity index is 1.84. The lowest BCUT2D eigenvalue weighted by Crippen LogP contribution is -2.39. The van der Waals surface area contributed by atoms with Crippen molar-refractivity contribution in [1.82, 2.24) is 9.88 Å². The van der Waals surface area contributed by atoms with Crippen LogP contribution in [-0.4, -0.2) is 49.3 Å². The maximum absolute atomic E-state index is 9.01. The molecule has 6 heteroatoms. The van der Waals surface area contributed by atoms with E-state index in [1.165, 1.54) is 0 Å². The molecule has 0 aliphatic carbocycles. The summed E-state index contributed by atoms with van der Waals surface area (Å²) in [5.74, 6) is 0.647. The van der Waals surface area contributed by atoms with Crippen molar-refractivity contribution >= 4 is 21.7 Å². The SMILES string of the molecule is N#Cc1cc(Br)cnc1NCCN1CCOCC1. The second kappa shape index (κ2) is 6.69. The average Bonchev–Trinajstić information content (AvgIpc) is 2.41. The minimum absolute atomic E-state index is 0.561. The van der Waals surface area contributed by atoms with Crippen LogP contribution in [0.5, 0.6) is 0 Å². The van der Waals surface area contributed by atoms with Gasteiger partial charge in [0.05, 0.1) is 18.8 Å². The van der Waals surface area contributed by atoms with Crippen LogP contribution in [0, 0.1) is 11.3 Å². The predicted molar refractivity (Wildman–Crippen MR) is 72.4 cm³/mol. The van der Waals surface area contributed by atoms with Gasteiger partial charge in [-0.1, -0.05) is 0 Å². The number of nitrogens with one attached hydrogen (secondary N) is 1. The first-order chi connectivity index (χ1) is 8.79. The van der Waals surface area contributed by atoms with Crippen molar-refractivity contribution in [2.24, 2.45) is 0 Å². The zero-order chi connectivity index (χ0) is 12.8. The highest BCUT2D eigenvalue weighted by Gasteiger charge is 2.10. The van der Waals surface area contributed by atoms with Crippen LogP contribution in [0.25, 0.3) is 0 Å². The molecule has 1 saturated heterocycles. The molecule has 1 fully saturated rings. The highest BCUT2D eigenvalue weighted by Crippen LogP contribution is 2.16. The number of hydrogen-bond acceptors (Lipinski definition) is 5. The lowest BCUT2D eigenvalue weighted by atomic mass is 10.3. The predicted octanol–water partition coefficient (Wildman–Crippen LogP) is 1.46. The highest BCUT2D eigenvalue weighted by molar-refractivity contribution is 9.10. The smallest absolute Gasteiger partial charge is 0.144 e. The third-order valence-electron chi connectivity index (χ3n) is 2.80. The minimum atomic E-state index is 0.561. The van der Waals surface area contributed by atoms with Crippen molar-refractivity contribution < 1.29 is 4.74 Å². The number of nitrogens with zero attached hydrogens (tertiary/aromatic N) is 3. The van der Waals surface area contributed by atoms with Gasteiger partial charge in [-0.15, -0.1) is 0 Å². The molecule has 0 bridgehead atoms. The number of hydrogen-bond donors (Lipinski definition) is 1. The molecule has 5 nitrogen and oxygen atoms in total. The summed E-state index contributed by atoms with van der Waals surface area (Å²) in [5.41, 5.74) is 0.561. The van der Waals surface area contributed by atoms with Crippen LogP contribution in [0.15, 0.2) is 16.7 Å². The Morgan fingerprint density at radius 2 is 2.28 bits per heavy atom. The summed E-state index contributed by atoms with van der Waals surface area (Å²) in [6, 6.07) is 3.90. The fourth-order valence-electron chi connectivity index (χ4n) is 1.82. The summed E-state index contributed by atoms with van der Waals surface area (Å²) in [5, 5.41) is 12.2. The van der Waals surface area contributed by atoms with Crippen LogP contribution in [0.2, 0.25) is 0 Å². The molecule has 1 aromatic heterocycles. The van der Waals surface area contributed by atoms with E-state index in [9.17, 15) is 0 Å². The van der Waals surface area contributed by atoms with Crippen LogP contribution in [-0.2, 0) is 4.74 Å². The van der Waals surface area contributed by atoms with E-state index in [0.29, 0.717) is 11.4 Å². The topological polar surface area (TPSA) is 61.2 Å². The zero-order valence-electron chi connectivity index (χ0n) is 10.0. The van der Waals surface area contributed by atoms with Crippen molar-refractivity contribution in [3.05, 3.63) is 22.3 Å². The van der Waals surface area contributed by atoms with E-state index >= 15 is 0 Å². The van der Waals surface area contributed by atoms with E-state index < -0.39 is 0 Å². The number of ether oxygens (including phenoxy) is 1. The van der Waals surface area contributed by atoms with E-state index in [4.69, 9.17) is 10.00 Å². The van der Waals surface area contributed by atoms with Crippen molar-refractivity contribution in [3.63, 3.8) is 0 Å². The normalized spacial score (nSPS) is 16.2. The number of halogens is 1. The van der Waals surface area contributed by atoms with E-state index in [-0.39, 0.29) is 0 Å². The average molecular weight is 311 g/mol. The largest absolute Gasteiger partial charge is 0.379 e. The second-order valence-corrected chi connectivity index (χ2v) is 4.96. The molecule has 2 rings (SSSR count). The third-order valence-corrected chi connectivity index (χ3v) is 3.23. The van der Waals surface area contributed by atoms with Gasteiger partial charge < -0.3 is 10.1 Å². The molecule has 0 radical (unpaired) electrons. The summed E-state index contributed by atoms with van der Waals surface area (Å²) in [7, 11) is 0. The quantitative estimate of drug-likeness (QED) is 0.912. The van der Waals surface area contributed by atoms with Gasteiger partial charge in [-0.25, -0.2) is 4.98 Å². The number of aromatic nitrogens is 1. The first-order valence-corrected chi connectivity index (χ1v) is 6.68. The Labute approximate surface area is 115 Å². The standard InChI is InChI=1S/C12H15BrN4O/c13-11-7-10(8-14)12(16-9-11)15-1-2-17-3-5-18-6-4-17/h7,9H,1-6H2,(H,15,16). The Bertz CT molecular complexity index is 440. The van der Waals surface area contributed by atoms with Gasteiger partial charge in [-0.2, -0.15) is 5.26 Å². The zero-order valence-corrected chi connectivity index (χ0v) is 11.6. The Hall–Kier alpha value is -1.16. The van der Waals surface area contributed by atoms with Gasteiger partial charge >= 0.3 is 0 Å². The summed E-state index contributed by atoms with van der Waals surface area (Å²) < 4.78 is 6.11. The van der Waals surface area contributed by atoms with Gasteiger partial charge in [0.15, 0.2) is 0 Å². The van der Waals surface area contributed by atoms with Crippen molar-refractivity contribution in [2.45, 2.75) is 0 Å². The highest BCUT2D eigenvalue weighted by atomic mass is 79.9. The van der Waals surface area contributed by atoms with Gasteiger partial charge in [0.2, 0.25) is 0 Å². The number of rotatable bonds is 4. The lowest BCUT2D eigenvalue weighted by molar-refractivity contribution is 0.0398. The van der Waals surface area contributed by atoms with Crippen molar-refractivity contribution in [2.75, 3.05) is 44.7 Å². The Kier molecular flexibility index (Phi) is 4.93. The van der Waals surface area contributed by atoms with Crippen LogP contribution in [0.4, 0.5) is 5.82 Å². The fraction of sp³-hybridized carbons (Fsp3) is 0.500. The van der Waals surface area contributed by atoms with Crippen molar-refractivity contribution in [1.29, 1.82) is 5.26 Å². The molecule has 0 atom stereocenters. The molecule has 1 aliphatic rings. The maximum atomic E-state index is 9.01. The molecule has 1 aromatic rings. The monoisotopic (exact) mass is 310 g/mol.